The van der Waals surface area contributed by atoms with E-state index in [4.69, 9.17) is 0 Å². The number of rotatable bonds is 6. The summed E-state index contributed by atoms with van der Waals surface area (Å²) in [7, 11) is 0. The topological polar surface area (TPSA) is 72.2 Å². The van der Waals surface area contributed by atoms with Crippen LogP contribution in [0.4, 0.5) is 5.69 Å². The van der Waals surface area contributed by atoms with E-state index in [1.54, 1.807) is 0 Å². The molecule has 4 aromatic rings. The molecule has 0 atom stereocenters. The second kappa shape index (κ2) is 9.72. The maximum absolute atomic E-state index is 12.3. The van der Waals surface area contributed by atoms with E-state index < -0.39 is 0 Å². The summed E-state index contributed by atoms with van der Waals surface area (Å²) in [5, 5.41) is 13.9. The summed E-state index contributed by atoms with van der Waals surface area (Å²) in [4.78, 5) is 12.3. The number of nitrogens with zero attached hydrogens (tertiary/aromatic N) is 4. The molecule has 1 aromatic heterocycles. The predicted octanol–water partition coefficient (Wildman–Crippen LogP) is 5.80. The Morgan fingerprint density at radius 3 is 2.23 bits per heavy atom. The maximum atomic E-state index is 12.3. The molecule has 0 aliphatic rings. The van der Waals surface area contributed by atoms with Gasteiger partial charge >= 0.3 is 0 Å². The van der Waals surface area contributed by atoms with Crippen LogP contribution in [-0.4, -0.2) is 25.6 Å². The van der Waals surface area contributed by atoms with Crippen LogP contribution in [0.3, 0.4) is 0 Å². The smallest absolute Gasteiger partial charge is 0.202 e. The minimum Gasteiger partial charge on any atom is -0.292 e. The van der Waals surface area contributed by atoms with Crippen LogP contribution >= 0.6 is 27.7 Å². The monoisotopic (exact) mass is 491 g/mol. The van der Waals surface area contributed by atoms with Crippen molar-refractivity contribution in [3.63, 3.8) is 0 Å². The minimum absolute atomic E-state index is 0.168. The van der Waals surface area contributed by atoms with Gasteiger partial charge in [0.05, 0.1) is 5.69 Å². The Balaban J connectivity index is 1.71. The van der Waals surface area contributed by atoms with Gasteiger partial charge in [-0.2, -0.15) is 5.10 Å². The second-order valence-electron chi connectivity index (χ2n) is 6.54. The third-order valence-electron chi connectivity index (χ3n) is 4.30. The van der Waals surface area contributed by atoms with Gasteiger partial charge in [0.1, 0.15) is 0 Å². The van der Waals surface area contributed by atoms with Crippen LogP contribution in [0.5, 0.6) is 0 Å². The molecule has 0 amide bonds. The first-order valence-electron chi connectivity index (χ1n) is 9.46. The van der Waals surface area contributed by atoms with Crippen molar-refractivity contribution < 1.29 is 4.79 Å². The molecule has 31 heavy (non-hydrogen) atoms. The van der Waals surface area contributed by atoms with Crippen LogP contribution in [-0.2, 0) is 4.79 Å². The Morgan fingerprint density at radius 2 is 1.58 bits per heavy atom. The lowest BCUT2D eigenvalue weighted by atomic mass is 10.2. The summed E-state index contributed by atoms with van der Waals surface area (Å²) in [5.74, 6) is 0.525. The van der Waals surface area contributed by atoms with E-state index >= 15 is 0 Å². The number of carbonyl (C=O) groups excluding carboxylic acids is 1. The predicted molar refractivity (Wildman–Crippen MR) is 129 cm³/mol. The van der Waals surface area contributed by atoms with Gasteiger partial charge in [0.15, 0.2) is 16.7 Å². The molecular weight excluding hydrogens is 474 g/mol. The quantitative estimate of drug-likeness (QED) is 0.159. The number of aromatic nitrogens is 3. The first kappa shape index (κ1) is 21.0. The number of halogens is 1. The van der Waals surface area contributed by atoms with Crippen LogP contribution in [0.2, 0.25) is 0 Å². The van der Waals surface area contributed by atoms with Crippen molar-refractivity contribution >= 4 is 44.2 Å². The van der Waals surface area contributed by atoms with E-state index in [1.807, 2.05) is 89.5 Å². The molecule has 0 aliphatic carbocycles. The zero-order chi connectivity index (χ0) is 21.6. The van der Waals surface area contributed by atoms with Crippen LogP contribution in [0, 0.1) is 0 Å². The van der Waals surface area contributed by atoms with Crippen LogP contribution in [0.1, 0.15) is 6.92 Å². The molecule has 1 heterocycles. The van der Waals surface area contributed by atoms with Gasteiger partial charge in [-0.15, -0.1) is 10.2 Å². The molecular formula is C23H18BrN5OS. The molecule has 0 spiro atoms. The van der Waals surface area contributed by atoms with Gasteiger partial charge in [0.25, 0.3) is 0 Å². The Kier molecular flexibility index (Phi) is 6.59. The summed E-state index contributed by atoms with van der Waals surface area (Å²) in [6.07, 6.45) is 0. The van der Waals surface area contributed by atoms with Crippen molar-refractivity contribution in [2.45, 2.75) is 12.1 Å². The molecule has 0 saturated heterocycles. The molecule has 0 radical (unpaired) electrons. The van der Waals surface area contributed by atoms with Gasteiger partial charge in [-0.25, -0.2) is 0 Å². The van der Waals surface area contributed by atoms with Crippen LogP contribution in [0.25, 0.3) is 17.1 Å². The second-order valence-corrected chi connectivity index (χ2v) is 8.41. The van der Waals surface area contributed by atoms with Crippen LogP contribution in [0.15, 0.2) is 99.7 Å². The lowest BCUT2D eigenvalue weighted by molar-refractivity contribution is -0.110. The molecule has 4 rings (SSSR count). The average Bonchev–Trinajstić information content (AvgIpc) is 3.22. The summed E-state index contributed by atoms with van der Waals surface area (Å²) >= 11 is 4.58. The first-order chi connectivity index (χ1) is 15.1. The highest BCUT2D eigenvalue weighted by Gasteiger charge is 2.20. The van der Waals surface area contributed by atoms with Crippen molar-refractivity contribution in [2.24, 2.45) is 5.10 Å². The lowest BCUT2D eigenvalue weighted by Crippen LogP contribution is -2.10. The van der Waals surface area contributed by atoms with Crippen molar-refractivity contribution in [1.29, 1.82) is 0 Å². The number of thioether (sulfide) groups is 1. The number of ketones is 1. The molecule has 6 nitrogen and oxygen atoms in total. The molecule has 0 aliphatic heterocycles. The fourth-order valence-corrected chi connectivity index (χ4v) is 3.86. The summed E-state index contributed by atoms with van der Waals surface area (Å²) < 4.78 is 2.89. The van der Waals surface area contributed by atoms with Crippen molar-refractivity contribution in [1.82, 2.24) is 14.8 Å². The first-order valence-corrected chi connectivity index (χ1v) is 11.1. The summed E-state index contributed by atoms with van der Waals surface area (Å²) in [5.41, 5.74) is 5.55. The highest BCUT2D eigenvalue weighted by atomic mass is 79.9. The van der Waals surface area contributed by atoms with Gasteiger partial charge in [-0.1, -0.05) is 64.5 Å². The fraction of sp³-hybridized carbons (Fsp3) is 0.0435. The zero-order valence-electron chi connectivity index (χ0n) is 16.6. The molecule has 154 valence electrons. The van der Waals surface area contributed by atoms with Gasteiger partial charge in [0, 0.05) is 22.6 Å². The molecule has 0 unspecified atom stereocenters. The number of anilines is 1. The van der Waals surface area contributed by atoms with Gasteiger partial charge in [0.2, 0.25) is 5.16 Å². The summed E-state index contributed by atoms with van der Waals surface area (Å²) in [6.45, 7) is 1.48. The molecule has 8 heteroatoms. The third kappa shape index (κ3) is 5.10. The SMILES string of the molecule is CC(=O)/C(=N\Nc1ccc(Br)cc1)Sc1nnc(-c2ccccc2)n1-c1ccccc1. The number of Topliss-reactive ketones (excluding diaryl/α,β-unsaturated/α-hetero) is 1. The van der Waals surface area contributed by atoms with Crippen molar-refractivity contribution in [2.75, 3.05) is 5.43 Å². The molecule has 0 fully saturated rings. The van der Waals surface area contributed by atoms with E-state index in [0.717, 1.165) is 21.4 Å². The summed E-state index contributed by atoms with van der Waals surface area (Å²) in [6, 6.07) is 27.2. The van der Waals surface area contributed by atoms with Gasteiger partial charge in [-0.05, 0) is 48.2 Å². The number of benzene rings is 3. The highest BCUT2D eigenvalue weighted by molar-refractivity contribution is 9.10. The highest BCUT2D eigenvalue weighted by Crippen LogP contribution is 2.29. The standard InChI is InChI=1S/C23H18BrN5OS/c1-16(30)22(27-25-19-14-12-18(24)13-15-19)31-23-28-26-21(17-8-4-2-5-9-17)29(23)20-10-6-3-7-11-20/h2-15,25H,1H3/b27-22+. The number of nitrogens with one attached hydrogen (secondary N) is 1. The third-order valence-corrected chi connectivity index (χ3v) is 5.85. The molecule has 0 bridgehead atoms. The van der Waals surface area contributed by atoms with Crippen molar-refractivity contribution in [3.05, 3.63) is 89.4 Å². The normalized spacial score (nSPS) is 11.4. The zero-order valence-corrected chi connectivity index (χ0v) is 19.0. The minimum atomic E-state index is -0.168. The van der Waals surface area contributed by atoms with Crippen molar-refractivity contribution in [3.8, 4) is 17.1 Å². The Hall–Kier alpha value is -3.23. The molecule has 3 aromatic carbocycles. The number of hydrazone groups is 1. The number of hydrogen-bond donors (Lipinski definition) is 1. The number of carbonyl (C=O) groups is 1. The average molecular weight is 492 g/mol. The number of hydrogen-bond acceptors (Lipinski definition) is 6. The lowest BCUT2D eigenvalue weighted by Gasteiger charge is -2.10. The van der Waals surface area contributed by atoms with E-state index in [1.165, 1.54) is 18.7 Å². The van der Waals surface area contributed by atoms with E-state index in [2.05, 4.69) is 36.7 Å². The van der Waals surface area contributed by atoms with Gasteiger partial charge in [-0.3, -0.25) is 14.8 Å². The molecule has 0 saturated carbocycles. The Morgan fingerprint density at radius 1 is 0.935 bits per heavy atom. The Bertz CT molecular complexity index is 1210. The molecule has 1 N–H and O–H groups in total. The van der Waals surface area contributed by atoms with E-state index in [0.29, 0.717) is 11.0 Å². The number of para-hydroxylation sites is 1. The van der Waals surface area contributed by atoms with Crippen LogP contribution < -0.4 is 5.43 Å². The fourth-order valence-electron chi connectivity index (χ4n) is 2.82. The Labute approximate surface area is 192 Å². The largest absolute Gasteiger partial charge is 0.292 e. The van der Waals surface area contributed by atoms with E-state index in [-0.39, 0.29) is 10.8 Å². The maximum Gasteiger partial charge on any atom is 0.202 e. The van der Waals surface area contributed by atoms with Gasteiger partial charge < -0.3 is 0 Å². The van der Waals surface area contributed by atoms with E-state index in [9.17, 15) is 4.79 Å².